The van der Waals surface area contributed by atoms with Crippen LogP contribution in [0.15, 0.2) is 12.2 Å². The van der Waals surface area contributed by atoms with E-state index in [0.717, 1.165) is 38.8 Å². The third kappa shape index (κ3) is 1.98. The van der Waals surface area contributed by atoms with Crippen molar-refractivity contribution in [2.45, 2.75) is 31.7 Å². The average Bonchev–Trinajstić information content (AvgIpc) is 2.65. The van der Waals surface area contributed by atoms with E-state index in [-0.39, 0.29) is 12.0 Å². The largest absolute Gasteiger partial charge is 0.341 e. The molecule has 3 nitrogen and oxygen atoms in total. The Morgan fingerprint density at radius 3 is 2.79 bits per heavy atom. The predicted molar refractivity (Wildman–Crippen MR) is 55.7 cm³/mol. The fourth-order valence-electron chi connectivity index (χ4n) is 2.26. The molecule has 0 aromatic rings. The first-order valence-corrected chi connectivity index (χ1v) is 5.47. The van der Waals surface area contributed by atoms with Crippen LogP contribution in [0.2, 0.25) is 0 Å². The molecule has 2 unspecified atom stereocenters. The number of carbonyl (C=O) groups excluding carboxylic acids is 1. The zero-order valence-corrected chi connectivity index (χ0v) is 8.48. The number of allylic oxidation sites excluding steroid dienone is 2. The van der Waals surface area contributed by atoms with Crippen LogP contribution < -0.4 is 5.73 Å². The first kappa shape index (κ1) is 9.71. The molecular weight excluding hydrogens is 176 g/mol. The topological polar surface area (TPSA) is 46.3 Å². The van der Waals surface area contributed by atoms with E-state index in [0.29, 0.717) is 5.91 Å². The quantitative estimate of drug-likeness (QED) is 0.630. The van der Waals surface area contributed by atoms with Gasteiger partial charge in [-0.2, -0.15) is 0 Å². The summed E-state index contributed by atoms with van der Waals surface area (Å²) in [4.78, 5) is 13.9. The van der Waals surface area contributed by atoms with Crippen molar-refractivity contribution in [1.29, 1.82) is 0 Å². The zero-order chi connectivity index (χ0) is 9.97. The molecule has 0 aromatic carbocycles. The van der Waals surface area contributed by atoms with E-state index in [1.54, 1.807) is 0 Å². The Morgan fingerprint density at radius 1 is 1.36 bits per heavy atom. The van der Waals surface area contributed by atoms with E-state index in [1.807, 2.05) is 4.90 Å². The highest BCUT2D eigenvalue weighted by atomic mass is 16.2. The SMILES string of the molecule is NC1CCN(C(=O)C2CC=CCC2)C1. The predicted octanol–water partition coefficient (Wildman–Crippen LogP) is 0.902. The van der Waals surface area contributed by atoms with Crippen LogP contribution in [-0.4, -0.2) is 29.9 Å². The summed E-state index contributed by atoms with van der Waals surface area (Å²) >= 11 is 0. The number of amides is 1. The molecule has 3 heteroatoms. The van der Waals surface area contributed by atoms with Gasteiger partial charge in [0.05, 0.1) is 0 Å². The Hall–Kier alpha value is -0.830. The Kier molecular flexibility index (Phi) is 2.87. The Bertz CT molecular complexity index is 250. The standard InChI is InChI=1S/C11H18N2O/c12-10-6-7-13(8-10)11(14)9-4-2-1-3-5-9/h1-2,9-10H,3-8,12H2. The molecule has 2 rings (SSSR count). The second-order valence-electron chi connectivity index (χ2n) is 4.31. The van der Waals surface area contributed by atoms with Crippen molar-refractivity contribution >= 4 is 5.91 Å². The van der Waals surface area contributed by atoms with Crippen molar-refractivity contribution in [3.63, 3.8) is 0 Å². The average molecular weight is 194 g/mol. The fraction of sp³-hybridized carbons (Fsp3) is 0.727. The number of nitrogens with two attached hydrogens (primary N) is 1. The fourth-order valence-corrected chi connectivity index (χ4v) is 2.26. The first-order valence-electron chi connectivity index (χ1n) is 5.47. The van der Waals surface area contributed by atoms with Crippen molar-refractivity contribution in [1.82, 2.24) is 4.90 Å². The Balaban J connectivity index is 1.91. The zero-order valence-electron chi connectivity index (χ0n) is 8.48. The van der Waals surface area contributed by atoms with Crippen LogP contribution in [0.3, 0.4) is 0 Å². The van der Waals surface area contributed by atoms with Gasteiger partial charge in [0.15, 0.2) is 0 Å². The third-order valence-corrected chi connectivity index (χ3v) is 3.15. The molecule has 1 saturated heterocycles. The summed E-state index contributed by atoms with van der Waals surface area (Å²) in [5.74, 6) is 0.549. The van der Waals surface area contributed by atoms with E-state index in [1.165, 1.54) is 0 Å². The van der Waals surface area contributed by atoms with Crippen LogP contribution in [0.1, 0.15) is 25.7 Å². The third-order valence-electron chi connectivity index (χ3n) is 3.15. The second-order valence-corrected chi connectivity index (χ2v) is 4.31. The summed E-state index contributed by atoms with van der Waals surface area (Å²) < 4.78 is 0. The maximum absolute atomic E-state index is 12.0. The number of hydrogen-bond acceptors (Lipinski definition) is 2. The molecule has 1 fully saturated rings. The lowest BCUT2D eigenvalue weighted by atomic mass is 9.93. The number of nitrogens with zero attached hydrogens (tertiary/aromatic N) is 1. The first-order chi connectivity index (χ1) is 6.77. The van der Waals surface area contributed by atoms with Crippen molar-refractivity contribution in [2.24, 2.45) is 11.7 Å². The molecular formula is C11H18N2O. The summed E-state index contributed by atoms with van der Waals surface area (Å²) in [6.07, 6.45) is 8.25. The molecule has 1 amide bonds. The van der Waals surface area contributed by atoms with Crippen molar-refractivity contribution in [2.75, 3.05) is 13.1 Å². The highest BCUT2D eigenvalue weighted by Gasteiger charge is 2.28. The number of rotatable bonds is 1. The summed E-state index contributed by atoms with van der Waals surface area (Å²) in [6, 6.07) is 0.207. The maximum Gasteiger partial charge on any atom is 0.226 e. The summed E-state index contributed by atoms with van der Waals surface area (Å²) in [5.41, 5.74) is 5.78. The van der Waals surface area contributed by atoms with Gasteiger partial charge in [-0.05, 0) is 25.7 Å². The van der Waals surface area contributed by atoms with Gasteiger partial charge in [-0.1, -0.05) is 12.2 Å². The van der Waals surface area contributed by atoms with Gasteiger partial charge >= 0.3 is 0 Å². The molecule has 0 spiro atoms. The van der Waals surface area contributed by atoms with E-state index >= 15 is 0 Å². The van der Waals surface area contributed by atoms with Crippen LogP contribution in [0.4, 0.5) is 0 Å². The molecule has 14 heavy (non-hydrogen) atoms. The molecule has 0 saturated carbocycles. The minimum atomic E-state index is 0.207. The lowest BCUT2D eigenvalue weighted by molar-refractivity contribution is -0.134. The van der Waals surface area contributed by atoms with Gasteiger partial charge in [0.25, 0.3) is 0 Å². The monoisotopic (exact) mass is 194 g/mol. The van der Waals surface area contributed by atoms with Crippen molar-refractivity contribution < 1.29 is 4.79 Å². The van der Waals surface area contributed by atoms with Crippen LogP contribution in [0.5, 0.6) is 0 Å². The highest BCUT2D eigenvalue weighted by molar-refractivity contribution is 5.79. The Morgan fingerprint density at radius 2 is 2.21 bits per heavy atom. The number of carbonyl (C=O) groups is 1. The maximum atomic E-state index is 12.0. The molecule has 2 N–H and O–H groups in total. The minimum Gasteiger partial charge on any atom is -0.341 e. The van der Waals surface area contributed by atoms with Crippen LogP contribution in [0.25, 0.3) is 0 Å². The molecule has 78 valence electrons. The van der Waals surface area contributed by atoms with E-state index in [2.05, 4.69) is 12.2 Å². The second kappa shape index (κ2) is 4.13. The summed E-state index contributed by atoms with van der Waals surface area (Å²) in [5, 5.41) is 0. The normalized spacial score (nSPS) is 32.2. The molecule has 2 aliphatic rings. The summed E-state index contributed by atoms with van der Waals surface area (Å²) in [6.45, 7) is 1.62. The lowest BCUT2D eigenvalue weighted by Crippen LogP contribution is -2.36. The van der Waals surface area contributed by atoms with Crippen LogP contribution in [0, 0.1) is 5.92 Å². The van der Waals surface area contributed by atoms with Gasteiger partial charge in [0.1, 0.15) is 0 Å². The molecule has 1 aliphatic carbocycles. The molecule has 0 bridgehead atoms. The molecule has 0 aromatic heterocycles. The van der Waals surface area contributed by atoms with Gasteiger partial charge in [-0.15, -0.1) is 0 Å². The smallest absolute Gasteiger partial charge is 0.226 e. The number of hydrogen-bond donors (Lipinski definition) is 1. The minimum absolute atomic E-state index is 0.207. The molecule has 1 aliphatic heterocycles. The van der Waals surface area contributed by atoms with Gasteiger partial charge in [-0.25, -0.2) is 0 Å². The van der Waals surface area contributed by atoms with Gasteiger partial charge in [0.2, 0.25) is 5.91 Å². The van der Waals surface area contributed by atoms with E-state index in [4.69, 9.17) is 5.73 Å². The summed E-state index contributed by atoms with van der Waals surface area (Å²) in [7, 11) is 0. The van der Waals surface area contributed by atoms with Gasteiger partial charge in [-0.3, -0.25) is 4.79 Å². The van der Waals surface area contributed by atoms with E-state index < -0.39 is 0 Å². The number of likely N-dealkylation sites (tertiary alicyclic amines) is 1. The van der Waals surface area contributed by atoms with Crippen LogP contribution in [-0.2, 0) is 4.79 Å². The molecule has 1 heterocycles. The van der Waals surface area contributed by atoms with Crippen LogP contribution >= 0.6 is 0 Å². The Labute approximate surface area is 84.9 Å². The molecule has 2 atom stereocenters. The lowest BCUT2D eigenvalue weighted by Gasteiger charge is -2.23. The highest BCUT2D eigenvalue weighted by Crippen LogP contribution is 2.22. The van der Waals surface area contributed by atoms with Crippen molar-refractivity contribution in [3.05, 3.63) is 12.2 Å². The van der Waals surface area contributed by atoms with Crippen molar-refractivity contribution in [3.8, 4) is 0 Å². The van der Waals surface area contributed by atoms with E-state index in [9.17, 15) is 4.79 Å². The molecule has 0 radical (unpaired) electrons. The van der Waals surface area contributed by atoms with Gasteiger partial charge in [0, 0.05) is 25.0 Å². The van der Waals surface area contributed by atoms with Gasteiger partial charge < -0.3 is 10.6 Å².